The van der Waals surface area contributed by atoms with Crippen molar-refractivity contribution in [1.29, 1.82) is 0 Å². The third-order valence-corrected chi connectivity index (χ3v) is 6.69. The van der Waals surface area contributed by atoms with Gasteiger partial charge in [0.05, 0.1) is 11.1 Å². The molecule has 0 aliphatic rings. The van der Waals surface area contributed by atoms with Gasteiger partial charge in [0.25, 0.3) is 0 Å². The van der Waals surface area contributed by atoms with E-state index in [4.69, 9.17) is 9.72 Å². The molecule has 0 saturated heterocycles. The van der Waals surface area contributed by atoms with Crippen LogP contribution in [0.4, 0.5) is 11.5 Å². The number of pyridine rings is 1. The lowest BCUT2D eigenvalue weighted by atomic mass is 10.1. The number of phenols is 1. The van der Waals surface area contributed by atoms with Crippen molar-refractivity contribution in [3.8, 4) is 11.5 Å². The van der Waals surface area contributed by atoms with Gasteiger partial charge in [0.2, 0.25) is 0 Å². The fraction of sp³-hybridized carbons (Fsp3) is 0.138. The van der Waals surface area contributed by atoms with Crippen molar-refractivity contribution >= 4 is 34.3 Å². The number of benzene rings is 3. The van der Waals surface area contributed by atoms with E-state index in [1.807, 2.05) is 72.8 Å². The van der Waals surface area contributed by atoms with Crippen LogP contribution in [0.15, 0.2) is 101 Å². The molecule has 2 N–H and O–H groups in total. The zero-order valence-electron chi connectivity index (χ0n) is 20.1. The molecule has 7 heteroatoms. The molecule has 0 fully saturated rings. The second kappa shape index (κ2) is 10.7. The van der Waals surface area contributed by atoms with E-state index >= 15 is 0 Å². The predicted octanol–water partition coefficient (Wildman–Crippen LogP) is 7.33. The Morgan fingerprint density at radius 1 is 0.917 bits per heavy atom. The minimum absolute atomic E-state index is 0.235. The molecule has 0 amide bonds. The van der Waals surface area contributed by atoms with Crippen molar-refractivity contribution in [2.75, 3.05) is 5.32 Å². The zero-order chi connectivity index (χ0) is 24.9. The van der Waals surface area contributed by atoms with Crippen molar-refractivity contribution in [3.05, 3.63) is 103 Å². The Bertz CT molecular complexity index is 1470. The first-order chi connectivity index (χ1) is 17.5. The van der Waals surface area contributed by atoms with Gasteiger partial charge < -0.3 is 15.2 Å². The average Bonchev–Trinajstić information content (AvgIpc) is 2.90. The lowest BCUT2D eigenvalue weighted by Crippen LogP contribution is -2.01. The molecular weight excluding hydrogens is 468 g/mol. The molecule has 2 heterocycles. The molecule has 180 valence electrons. The van der Waals surface area contributed by atoms with Gasteiger partial charge in [-0.25, -0.2) is 15.0 Å². The van der Waals surface area contributed by atoms with E-state index in [0.717, 1.165) is 37.9 Å². The molecule has 3 aromatic carbocycles. The van der Waals surface area contributed by atoms with E-state index in [2.05, 4.69) is 29.1 Å². The Morgan fingerprint density at radius 2 is 1.72 bits per heavy atom. The molecule has 0 aliphatic carbocycles. The summed E-state index contributed by atoms with van der Waals surface area (Å²) in [5.41, 5.74) is 3.64. The standard InChI is InChI=1S/C29H26N4O2S/c1-19(2)25-15-13-24-28(32-25)30-18-31-29(24)33-26-14-10-22(35-17-20-6-4-3-5-7-20)16-27(26)36-23-11-8-21(34)9-12-23/h3-16,18-19,34H,17H2,1-2H3,(H,30,31,32,33). The molecule has 5 rings (SSSR count). The number of fused-ring (bicyclic) bond motifs is 1. The van der Waals surface area contributed by atoms with Crippen LogP contribution in [0.1, 0.15) is 31.0 Å². The maximum atomic E-state index is 9.69. The first kappa shape index (κ1) is 23.6. The SMILES string of the molecule is CC(C)c1ccc2c(Nc3ccc(OCc4ccccc4)cc3Sc3ccc(O)cc3)ncnc2n1. The Morgan fingerprint density at radius 3 is 2.50 bits per heavy atom. The highest BCUT2D eigenvalue weighted by atomic mass is 32.2. The van der Waals surface area contributed by atoms with E-state index in [0.29, 0.717) is 24.0 Å². The minimum Gasteiger partial charge on any atom is -0.508 e. The largest absolute Gasteiger partial charge is 0.508 e. The quantitative estimate of drug-likeness (QED) is 0.234. The first-order valence-corrected chi connectivity index (χ1v) is 12.5. The van der Waals surface area contributed by atoms with Gasteiger partial charge in [0, 0.05) is 15.5 Å². The molecule has 0 unspecified atom stereocenters. The normalized spacial score (nSPS) is 11.1. The van der Waals surface area contributed by atoms with Crippen LogP contribution in [-0.4, -0.2) is 20.1 Å². The van der Waals surface area contributed by atoms with Crippen LogP contribution < -0.4 is 10.1 Å². The number of rotatable bonds is 8. The molecule has 0 atom stereocenters. The van der Waals surface area contributed by atoms with E-state index in [9.17, 15) is 5.11 Å². The van der Waals surface area contributed by atoms with E-state index in [-0.39, 0.29) is 5.75 Å². The number of aromatic hydroxyl groups is 1. The Hall–Kier alpha value is -4.10. The van der Waals surface area contributed by atoms with Crippen molar-refractivity contribution < 1.29 is 9.84 Å². The van der Waals surface area contributed by atoms with Crippen LogP contribution in [-0.2, 0) is 6.61 Å². The molecule has 0 bridgehead atoms. The summed E-state index contributed by atoms with van der Waals surface area (Å²) in [7, 11) is 0. The summed E-state index contributed by atoms with van der Waals surface area (Å²) in [6, 6.07) is 27.2. The highest BCUT2D eigenvalue weighted by molar-refractivity contribution is 7.99. The van der Waals surface area contributed by atoms with Crippen molar-refractivity contribution in [3.63, 3.8) is 0 Å². The van der Waals surface area contributed by atoms with Crippen LogP contribution in [0.3, 0.4) is 0 Å². The summed E-state index contributed by atoms with van der Waals surface area (Å²) in [6.45, 7) is 4.71. The molecule has 0 aliphatic heterocycles. The predicted molar refractivity (Wildman–Crippen MR) is 144 cm³/mol. The summed E-state index contributed by atoms with van der Waals surface area (Å²) in [4.78, 5) is 15.5. The number of nitrogens with zero attached hydrogens (tertiary/aromatic N) is 3. The average molecular weight is 495 g/mol. The third kappa shape index (κ3) is 5.58. The molecule has 0 radical (unpaired) electrons. The lowest BCUT2D eigenvalue weighted by molar-refractivity contribution is 0.305. The highest BCUT2D eigenvalue weighted by Gasteiger charge is 2.12. The minimum atomic E-state index is 0.235. The zero-order valence-corrected chi connectivity index (χ0v) is 20.9. The lowest BCUT2D eigenvalue weighted by Gasteiger charge is -2.15. The summed E-state index contributed by atoms with van der Waals surface area (Å²) in [5.74, 6) is 2.01. The smallest absolute Gasteiger partial charge is 0.164 e. The Labute approximate surface area is 214 Å². The first-order valence-electron chi connectivity index (χ1n) is 11.7. The molecular formula is C29H26N4O2S. The number of anilines is 2. The molecule has 36 heavy (non-hydrogen) atoms. The molecule has 2 aromatic heterocycles. The van der Waals surface area contributed by atoms with Gasteiger partial charge >= 0.3 is 0 Å². The number of hydrogen-bond acceptors (Lipinski definition) is 7. The molecule has 0 saturated carbocycles. The van der Waals surface area contributed by atoms with Gasteiger partial charge in [-0.3, -0.25) is 0 Å². The molecule has 0 spiro atoms. The van der Waals surface area contributed by atoms with Crippen molar-refractivity contribution in [2.45, 2.75) is 36.2 Å². The summed E-state index contributed by atoms with van der Waals surface area (Å²) < 4.78 is 6.08. The number of phenolic OH excluding ortho intramolecular Hbond substituents is 1. The maximum absolute atomic E-state index is 9.69. The van der Waals surface area contributed by atoms with E-state index in [1.165, 1.54) is 6.33 Å². The van der Waals surface area contributed by atoms with Gasteiger partial charge in [-0.15, -0.1) is 0 Å². The van der Waals surface area contributed by atoms with Gasteiger partial charge in [-0.05, 0) is 66.1 Å². The van der Waals surface area contributed by atoms with Crippen LogP contribution in [0.2, 0.25) is 0 Å². The fourth-order valence-corrected chi connectivity index (χ4v) is 4.60. The number of nitrogens with one attached hydrogen (secondary N) is 1. The van der Waals surface area contributed by atoms with Gasteiger partial charge in [-0.1, -0.05) is 55.9 Å². The number of aromatic nitrogens is 3. The van der Waals surface area contributed by atoms with Crippen LogP contribution in [0, 0.1) is 0 Å². The monoisotopic (exact) mass is 494 g/mol. The van der Waals surface area contributed by atoms with Gasteiger partial charge in [-0.2, -0.15) is 0 Å². The van der Waals surface area contributed by atoms with Gasteiger partial charge in [0.1, 0.15) is 30.3 Å². The maximum Gasteiger partial charge on any atom is 0.164 e. The second-order valence-electron chi connectivity index (χ2n) is 8.64. The van der Waals surface area contributed by atoms with Crippen LogP contribution in [0.5, 0.6) is 11.5 Å². The number of hydrogen-bond donors (Lipinski definition) is 2. The number of ether oxygens (including phenoxy) is 1. The van der Waals surface area contributed by atoms with E-state index < -0.39 is 0 Å². The summed E-state index contributed by atoms with van der Waals surface area (Å²) >= 11 is 1.58. The summed E-state index contributed by atoms with van der Waals surface area (Å²) in [6.07, 6.45) is 1.53. The van der Waals surface area contributed by atoms with Crippen LogP contribution >= 0.6 is 11.8 Å². The molecule has 5 aromatic rings. The van der Waals surface area contributed by atoms with E-state index in [1.54, 1.807) is 23.9 Å². The Balaban J connectivity index is 1.47. The van der Waals surface area contributed by atoms with Gasteiger partial charge in [0.15, 0.2) is 5.65 Å². The second-order valence-corrected chi connectivity index (χ2v) is 9.75. The van der Waals surface area contributed by atoms with Crippen LogP contribution in [0.25, 0.3) is 11.0 Å². The molecule has 6 nitrogen and oxygen atoms in total. The van der Waals surface area contributed by atoms with Crippen molar-refractivity contribution in [1.82, 2.24) is 15.0 Å². The third-order valence-electron chi connectivity index (χ3n) is 5.63. The Kier molecular flexibility index (Phi) is 7.00. The fourth-order valence-electron chi connectivity index (χ4n) is 3.67. The summed E-state index contributed by atoms with van der Waals surface area (Å²) in [5, 5.41) is 14.0. The van der Waals surface area contributed by atoms with Crippen molar-refractivity contribution in [2.24, 2.45) is 0 Å². The topological polar surface area (TPSA) is 80.2 Å². The highest BCUT2D eigenvalue weighted by Crippen LogP contribution is 2.38.